The summed E-state index contributed by atoms with van der Waals surface area (Å²) in [6, 6.07) is 16.4. The van der Waals surface area contributed by atoms with Crippen LogP contribution in [0.4, 0.5) is 0 Å². The van der Waals surface area contributed by atoms with Crippen molar-refractivity contribution in [2.75, 3.05) is 19.7 Å². The fourth-order valence-electron chi connectivity index (χ4n) is 5.62. The van der Waals surface area contributed by atoms with Crippen LogP contribution in [0, 0.1) is 17.8 Å². The number of hydrogen-bond donors (Lipinski definition) is 2. The summed E-state index contributed by atoms with van der Waals surface area (Å²) >= 11 is 0. The zero-order valence-electron chi connectivity index (χ0n) is 23.2. The minimum atomic E-state index is -0.212. The Morgan fingerprint density at radius 1 is 0.700 bits per heavy atom. The molecule has 2 amide bonds. The first-order valence-electron chi connectivity index (χ1n) is 14.5. The van der Waals surface area contributed by atoms with Crippen LogP contribution in [0.2, 0.25) is 0 Å². The highest BCUT2D eigenvalue weighted by molar-refractivity contribution is 5.98. The summed E-state index contributed by atoms with van der Waals surface area (Å²) in [5.41, 5.74) is 1.26. The van der Waals surface area contributed by atoms with Gasteiger partial charge in [-0.15, -0.1) is 0 Å². The lowest BCUT2D eigenvalue weighted by molar-refractivity contribution is -0.149. The summed E-state index contributed by atoms with van der Waals surface area (Å²) in [5.74, 6) is 0.366. The maximum absolute atomic E-state index is 12.7. The molecule has 0 aliphatic heterocycles. The molecule has 40 heavy (non-hydrogen) atoms. The van der Waals surface area contributed by atoms with Crippen molar-refractivity contribution >= 4 is 23.6 Å². The lowest BCUT2D eigenvalue weighted by atomic mass is 9.78. The molecule has 2 aromatic carbocycles. The number of nitrogens with one attached hydrogen (secondary N) is 2. The van der Waals surface area contributed by atoms with Crippen molar-refractivity contribution in [3.63, 3.8) is 0 Å². The second-order valence-corrected chi connectivity index (χ2v) is 10.7. The molecule has 2 aliphatic carbocycles. The number of Topliss-reactive ketones (excluding diaryl/α,β-unsaturated/α-hetero) is 1. The number of ether oxygens (including phenoxy) is 2. The molecule has 0 radical (unpaired) electrons. The van der Waals surface area contributed by atoms with Crippen LogP contribution in [0.1, 0.15) is 79.0 Å². The van der Waals surface area contributed by atoms with Crippen LogP contribution in [0.5, 0.6) is 5.75 Å². The topological polar surface area (TPSA) is 111 Å². The van der Waals surface area contributed by atoms with Crippen LogP contribution in [-0.4, -0.2) is 49.4 Å². The van der Waals surface area contributed by atoms with Gasteiger partial charge in [-0.3, -0.25) is 19.2 Å². The van der Waals surface area contributed by atoms with Gasteiger partial charge in [0.2, 0.25) is 5.91 Å². The van der Waals surface area contributed by atoms with E-state index in [0.717, 1.165) is 44.1 Å². The molecule has 0 spiro atoms. The fraction of sp³-hybridized carbons (Fsp3) is 0.500. The lowest BCUT2D eigenvalue weighted by Crippen LogP contribution is -2.39. The molecule has 2 aliphatic rings. The predicted molar refractivity (Wildman–Crippen MR) is 151 cm³/mol. The number of benzene rings is 2. The summed E-state index contributed by atoms with van der Waals surface area (Å²) in [5, 5.41) is 5.76. The molecule has 8 heteroatoms. The highest BCUT2D eigenvalue weighted by atomic mass is 16.5. The maximum atomic E-state index is 12.7. The molecular formula is C32H40N2O6. The summed E-state index contributed by atoms with van der Waals surface area (Å²) in [6.45, 7) is 2.90. The van der Waals surface area contributed by atoms with E-state index in [0.29, 0.717) is 43.9 Å². The van der Waals surface area contributed by atoms with E-state index in [1.165, 1.54) is 0 Å². The number of rotatable bonds is 11. The molecular weight excluding hydrogens is 508 g/mol. The molecule has 4 rings (SSSR count). The van der Waals surface area contributed by atoms with Crippen molar-refractivity contribution in [2.45, 2.75) is 64.4 Å². The van der Waals surface area contributed by atoms with E-state index in [1.807, 2.05) is 37.3 Å². The summed E-state index contributed by atoms with van der Waals surface area (Å²) in [7, 11) is 0. The number of hydrogen-bond acceptors (Lipinski definition) is 6. The Bertz CT molecular complexity index is 1130. The summed E-state index contributed by atoms with van der Waals surface area (Å²) < 4.78 is 11.2. The van der Waals surface area contributed by atoms with Gasteiger partial charge in [-0.1, -0.05) is 30.3 Å². The van der Waals surface area contributed by atoms with Gasteiger partial charge in [-0.2, -0.15) is 0 Å². The molecule has 0 saturated heterocycles. The first-order chi connectivity index (χ1) is 19.4. The summed E-state index contributed by atoms with van der Waals surface area (Å²) in [4.78, 5) is 49.7. The Morgan fingerprint density at radius 2 is 1.30 bits per heavy atom. The minimum absolute atomic E-state index is 0.0161. The second kappa shape index (κ2) is 14.6. The van der Waals surface area contributed by atoms with E-state index < -0.39 is 0 Å². The SMILES string of the molecule is CCOC(=O)[C@H]1CC[C@@H](Oc2ccc(C(=O)NCCNC(=O)[C@H]3CC[C@H](C(=O)c4ccccc4)CC3)cc2)CC1. The van der Waals surface area contributed by atoms with Gasteiger partial charge in [0, 0.05) is 36.1 Å². The van der Waals surface area contributed by atoms with E-state index in [2.05, 4.69) is 10.6 Å². The molecule has 0 bridgehead atoms. The molecule has 0 atom stereocenters. The molecule has 0 unspecified atom stereocenters. The van der Waals surface area contributed by atoms with E-state index in [1.54, 1.807) is 24.3 Å². The standard InChI is InChI=1S/C32H40N2O6/c1-2-39-32(38)26-14-18-28(19-15-26)40-27-16-12-25(13-17-27)31(37)34-21-20-33-30(36)24-10-8-23(9-11-24)29(35)22-6-4-3-5-7-22/h3-7,12-13,16-17,23-24,26,28H,2,8-11,14-15,18-21H2,1H3,(H,33,36)(H,34,37)/t23-,24-,26-,28+. The van der Waals surface area contributed by atoms with Crippen molar-refractivity contribution in [3.05, 3.63) is 65.7 Å². The van der Waals surface area contributed by atoms with E-state index >= 15 is 0 Å². The number of carbonyl (C=O) groups excluding carboxylic acids is 4. The fourth-order valence-corrected chi connectivity index (χ4v) is 5.62. The second-order valence-electron chi connectivity index (χ2n) is 10.7. The Labute approximate surface area is 236 Å². The number of esters is 1. The molecule has 2 fully saturated rings. The lowest BCUT2D eigenvalue weighted by Gasteiger charge is -2.27. The minimum Gasteiger partial charge on any atom is -0.490 e. The first-order valence-corrected chi connectivity index (χ1v) is 14.5. The monoisotopic (exact) mass is 548 g/mol. The quantitative estimate of drug-likeness (QED) is 0.239. The molecule has 2 N–H and O–H groups in total. The zero-order chi connectivity index (χ0) is 28.3. The van der Waals surface area contributed by atoms with Crippen molar-refractivity contribution in [3.8, 4) is 5.75 Å². The van der Waals surface area contributed by atoms with Gasteiger partial charge in [-0.05, 0) is 82.6 Å². The average Bonchev–Trinajstić information content (AvgIpc) is 3.00. The van der Waals surface area contributed by atoms with Gasteiger partial charge in [-0.25, -0.2) is 0 Å². The molecule has 0 heterocycles. The van der Waals surface area contributed by atoms with Crippen LogP contribution in [0.3, 0.4) is 0 Å². The first kappa shape index (κ1) is 29.3. The highest BCUT2D eigenvalue weighted by Crippen LogP contribution is 2.31. The molecule has 214 valence electrons. The van der Waals surface area contributed by atoms with Crippen LogP contribution in [-0.2, 0) is 14.3 Å². The van der Waals surface area contributed by atoms with Gasteiger partial charge in [0.15, 0.2) is 5.78 Å². The summed E-state index contributed by atoms with van der Waals surface area (Å²) in [6.07, 6.45) is 5.99. The van der Waals surface area contributed by atoms with Crippen LogP contribution >= 0.6 is 0 Å². The van der Waals surface area contributed by atoms with Gasteiger partial charge >= 0.3 is 5.97 Å². The van der Waals surface area contributed by atoms with Crippen molar-refractivity contribution in [2.24, 2.45) is 17.8 Å². The van der Waals surface area contributed by atoms with Gasteiger partial charge in [0.25, 0.3) is 5.91 Å². The van der Waals surface area contributed by atoms with Crippen LogP contribution in [0.15, 0.2) is 54.6 Å². The molecule has 0 aromatic heterocycles. The average molecular weight is 549 g/mol. The van der Waals surface area contributed by atoms with Crippen molar-refractivity contribution < 1.29 is 28.7 Å². The Balaban J connectivity index is 1.11. The molecule has 2 saturated carbocycles. The third kappa shape index (κ3) is 8.16. The number of carbonyl (C=O) groups is 4. The smallest absolute Gasteiger partial charge is 0.308 e. The van der Waals surface area contributed by atoms with Gasteiger partial charge in [0.1, 0.15) is 5.75 Å². The van der Waals surface area contributed by atoms with Crippen molar-refractivity contribution in [1.29, 1.82) is 0 Å². The van der Waals surface area contributed by atoms with Crippen LogP contribution in [0.25, 0.3) is 0 Å². The number of ketones is 1. The van der Waals surface area contributed by atoms with E-state index in [4.69, 9.17) is 9.47 Å². The largest absolute Gasteiger partial charge is 0.490 e. The van der Waals surface area contributed by atoms with Gasteiger partial charge < -0.3 is 20.1 Å². The Morgan fingerprint density at radius 3 is 1.95 bits per heavy atom. The van der Waals surface area contributed by atoms with Crippen LogP contribution < -0.4 is 15.4 Å². The normalized spacial score (nSPS) is 22.5. The third-order valence-corrected chi connectivity index (χ3v) is 7.95. The van der Waals surface area contributed by atoms with Crippen molar-refractivity contribution in [1.82, 2.24) is 10.6 Å². The van der Waals surface area contributed by atoms with Gasteiger partial charge in [0.05, 0.1) is 18.6 Å². The molecule has 8 nitrogen and oxygen atoms in total. The van der Waals surface area contributed by atoms with E-state index in [9.17, 15) is 19.2 Å². The van der Waals surface area contributed by atoms with E-state index in [-0.39, 0.29) is 47.4 Å². The molecule has 2 aromatic rings. The Hall–Kier alpha value is -3.68. The Kier molecular flexibility index (Phi) is 10.7. The predicted octanol–water partition coefficient (Wildman–Crippen LogP) is 4.72. The zero-order valence-corrected chi connectivity index (χ0v) is 23.2. The maximum Gasteiger partial charge on any atom is 0.308 e. The number of amides is 2. The highest BCUT2D eigenvalue weighted by Gasteiger charge is 2.30. The third-order valence-electron chi connectivity index (χ3n) is 7.95.